The summed E-state index contributed by atoms with van der Waals surface area (Å²) in [4.78, 5) is 28.6. The number of hydrogen-bond acceptors (Lipinski definition) is 5. The molecule has 0 atom stereocenters. The fourth-order valence-electron chi connectivity index (χ4n) is 2.46. The topological polar surface area (TPSA) is 77.5 Å². The van der Waals surface area contributed by atoms with Crippen LogP contribution < -0.4 is 10.1 Å². The van der Waals surface area contributed by atoms with Crippen molar-refractivity contribution in [1.29, 1.82) is 0 Å². The van der Waals surface area contributed by atoms with E-state index in [4.69, 9.17) is 21.1 Å². The van der Waals surface area contributed by atoms with Crippen LogP contribution in [0.15, 0.2) is 54.6 Å². The van der Waals surface area contributed by atoms with Crippen molar-refractivity contribution in [1.82, 2.24) is 4.98 Å². The number of rotatable bonds is 5. The number of esters is 1. The Morgan fingerprint density at radius 3 is 2.65 bits per heavy atom. The Morgan fingerprint density at radius 2 is 1.85 bits per heavy atom. The molecule has 3 aromatic rings. The van der Waals surface area contributed by atoms with E-state index in [1.165, 1.54) is 13.2 Å². The van der Waals surface area contributed by atoms with Gasteiger partial charge >= 0.3 is 5.97 Å². The molecule has 1 aromatic heterocycles. The molecule has 1 amide bonds. The molecule has 2 aromatic carbocycles. The average molecular weight is 371 g/mol. The third-order valence-corrected chi connectivity index (χ3v) is 3.81. The molecule has 1 N–H and O–H groups in total. The molecule has 0 aliphatic carbocycles. The molecule has 0 bridgehead atoms. The molecule has 26 heavy (non-hydrogen) atoms. The highest BCUT2D eigenvalue weighted by Gasteiger charge is 2.16. The molecule has 3 rings (SSSR count). The van der Waals surface area contributed by atoms with Crippen molar-refractivity contribution in [3.8, 4) is 5.75 Å². The van der Waals surface area contributed by atoms with Crippen LogP contribution in [0.1, 0.15) is 10.4 Å². The summed E-state index contributed by atoms with van der Waals surface area (Å²) < 4.78 is 10.3. The van der Waals surface area contributed by atoms with Gasteiger partial charge in [0.1, 0.15) is 10.9 Å². The van der Waals surface area contributed by atoms with Crippen molar-refractivity contribution >= 4 is 40.1 Å². The highest BCUT2D eigenvalue weighted by Crippen LogP contribution is 2.23. The van der Waals surface area contributed by atoms with Gasteiger partial charge in [0, 0.05) is 5.39 Å². The van der Waals surface area contributed by atoms with Crippen molar-refractivity contribution in [3.05, 3.63) is 65.3 Å². The number of nitrogens with zero attached hydrogens (tertiary/aromatic N) is 1. The SMILES string of the molecule is COc1ccccc1NC(=O)COC(=O)c1cc(Cl)nc2ccccc12. The van der Waals surface area contributed by atoms with E-state index >= 15 is 0 Å². The lowest BCUT2D eigenvalue weighted by Gasteiger charge is -2.11. The quantitative estimate of drug-likeness (QED) is 0.547. The predicted molar refractivity (Wildman–Crippen MR) is 98.7 cm³/mol. The maximum atomic E-state index is 12.4. The number of carbonyl (C=O) groups excluding carboxylic acids is 2. The lowest BCUT2D eigenvalue weighted by atomic mass is 10.1. The minimum Gasteiger partial charge on any atom is -0.495 e. The number of halogens is 1. The van der Waals surface area contributed by atoms with Gasteiger partial charge in [-0.15, -0.1) is 0 Å². The molecule has 0 aliphatic heterocycles. The number of carbonyl (C=O) groups is 2. The molecule has 7 heteroatoms. The lowest BCUT2D eigenvalue weighted by molar-refractivity contribution is -0.119. The number of pyridine rings is 1. The Morgan fingerprint density at radius 1 is 1.12 bits per heavy atom. The Hall–Kier alpha value is -3.12. The second-order valence-electron chi connectivity index (χ2n) is 5.33. The number of nitrogens with one attached hydrogen (secondary N) is 1. The minimum atomic E-state index is -0.652. The van der Waals surface area contributed by atoms with Crippen molar-refractivity contribution in [2.24, 2.45) is 0 Å². The molecule has 0 radical (unpaired) electrons. The second kappa shape index (κ2) is 7.84. The third kappa shape index (κ3) is 3.92. The summed E-state index contributed by atoms with van der Waals surface area (Å²) in [6.07, 6.45) is 0. The van der Waals surface area contributed by atoms with Gasteiger partial charge in [0.25, 0.3) is 5.91 Å². The van der Waals surface area contributed by atoms with Gasteiger partial charge in [-0.25, -0.2) is 9.78 Å². The summed E-state index contributed by atoms with van der Waals surface area (Å²) in [5, 5.41) is 3.42. The fourth-order valence-corrected chi connectivity index (χ4v) is 2.66. The van der Waals surface area contributed by atoms with Crippen LogP contribution in [-0.4, -0.2) is 30.6 Å². The first-order chi connectivity index (χ1) is 12.6. The van der Waals surface area contributed by atoms with E-state index in [9.17, 15) is 9.59 Å². The number of benzene rings is 2. The van der Waals surface area contributed by atoms with Gasteiger partial charge in [-0.2, -0.15) is 0 Å². The van der Waals surface area contributed by atoms with Gasteiger partial charge in [-0.05, 0) is 24.3 Å². The largest absolute Gasteiger partial charge is 0.495 e. The van der Waals surface area contributed by atoms with Crippen molar-refractivity contribution < 1.29 is 19.1 Å². The summed E-state index contributed by atoms with van der Waals surface area (Å²) in [7, 11) is 1.50. The van der Waals surface area contributed by atoms with Gasteiger partial charge in [0.05, 0.1) is 23.9 Å². The second-order valence-corrected chi connectivity index (χ2v) is 5.72. The average Bonchev–Trinajstić information content (AvgIpc) is 2.65. The first-order valence-corrected chi connectivity index (χ1v) is 8.11. The molecule has 0 fully saturated rings. The number of aromatic nitrogens is 1. The number of fused-ring (bicyclic) bond motifs is 1. The smallest absolute Gasteiger partial charge is 0.339 e. The van der Waals surface area contributed by atoms with E-state index in [0.717, 1.165) is 0 Å². The van der Waals surface area contributed by atoms with Crippen molar-refractivity contribution in [2.75, 3.05) is 19.0 Å². The van der Waals surface area contributed by atoms with Gasteiger partial charge in [0.2, 0.25) is 0 Å². The zero-order chi connectivity index (χ0) is 18.5. The Balaban J connectivity index is 1.70. The van der Waals surface area contributed by atoms with E-state index in [1.54, 1.807) is 48.5 Å². The third-order valence-electron chi connectivity index (χ3n) is 3.62. The number of para-hydroxylation sites is 3. The molecule has 0 aliphatic rings. The van der Waals surface area contributed by atoms with E-state index < -0.39 is 18.5 Å². The molecule has 1 heterocycles. The molecular formula is C19H15ClN2O4. The van der Waals surface area contributed by atoms with Crippen LogP contribution in [0, 0.1) is 0 Å². The standard InChI is InChI=1S/C19H15ClN2O4/c1-25-16-9-5-4-8-15(16)22-18(23)11-26-19(24)13-10-17(20)21-14-7-3-2-6-12(13)14/h2-10H,11H2,1H3,(H,22,23). The van der Waals surface area contributed by atoms with Crippen molar-refractivity contribution in [2.45, 2.75) is 0 Å². The Kier molecular flexibility index (Phi) is 5.34. The first kappa shape index (κ1) is 17.7. The Labute approximate surface area is 154 Å². The summed E-state index contributed by atoms with van der Waals surface area (Å²) in [6, 6.07) is 15.4. The Bertz CT molecular complexity index is 975. The number of hydrogen-bond donors (Lipinski definition) is 1. The zero-order valence-corrected chi connectivity index (χ0v) is 14.6. The summed E-state index contributed by atoms with van der Waals surface area (Å²) in [5.74, 6) is -0.618. The van der Waals surface area contributed by atoms with Gasteiger partial charge in [-0.3, -0.25) is 4.79 Å². The van der Waals surface area contributed by atoms with Gasteiger partial charge < -0.3 is 14.8 Å². The van der Waals surface area contributed by atoms with Crippen LogP contribution in [0.25, 0.3) is 10.9 Å². The first-order valence-electron chi connectivity index (χ1n) is 7.74. The maximum Gasteiger partial charge on any atom is 0.339 e. The van der Waals surface area contributed by atoms with Gasteiger partial charge in [0.15, 0.2) is 6.61 Å². The van der Waals surface area contributed by atoms with Gasteiger partial charge in [-0.1, -0.05) is 41.9 Å². The zero-order valence-electron chi connectivity index (χ0n) is 13.9. The highest BCUT2D eigenvalue weighted by atomic mass is 35.5. The predicted octanol–water partition coefficient (Wildman–Crippen LogP) is 3.69. The summed E-state index contributed by atoms with van der Waals surface area (Å²) in [6.45, 7) is -0.439. The van der Waals surface area contributed by atoms with Crippen LogP contribution in [0.2, 0.25) is 5.15 Å². The fraction of sp³-hybridized carbons (Fsp3) is 0.105. The van der Waals surface area contributed by atoms with Crippen molar-refractivity contribution in [3.63, 3.8) is 0 Å². The molecule has 0 saturated carbocycles. The van der Waals surface area contributed by atoms with Crippen LogP contribution >= 0.6 is 11.6 Å². The lowest BCUT2D eigenvalue weighted by Crippen LogP contribution is -2.21. The number of anilines is 1. The molecule has 132 valence electrons. The highest BCUT2D eigenvalue weighted by molar-refractivity contribution is 6.30. The summed E-state index contributed by atoms with van der Waals surface area (Å²) >= 11 is 5.96. The van der Waals surface area contributed by atoms with Crippen LogP contribution in [-0.2, 0) is 9.53 Å². The molecule has 0 unspecified atom stereocenters. The minimum absolute atomic E-state index is 0.175. The van der Waals surface area contributed by atoms with E-state index in [2.05, 4.69) is 10.3 Å². The molecular weight excluding hydrogens is 356 g/mol. The normalized spacial score (nSPS) is 10.4. The molecule has 0 saturated heterocycles. The summed E-state index contributed by atoms with van der Waals surface area (Å²) in [5.41, 5.74) is 1.32. The monoisotopic (exact) mass is 370 g/mol. The van der Waals surface area contributed by atoms with Crippen LogP contribution in [0.5, 0.6) is 5.75 Å². The van der Waals surface area contributed by atoms with E-state index in [0.29, 0.717) is 22.3 Å². The van der Waals surface area contributed by atoms with Crippen LogP contribution in [0.4, 0.5) is 5.69 Å². The van der Waals surface area contributed by atoms with E-state index in [-0.39, 0.29) is 10.7 Å². The number of amides is 1. The van der Waals surface area contributed by atoms with Crippen LogP contribution in [0.3, 0.4) is 0 Å². The van der Waals surface area contributed by atoms with E-state index in [1.807, 2.05) is 0 Å². The maximum absolute atomic E-state index is 12.4. The number of methoxy groups -OCH3 is 1. The number of ether oxygens (including phenoxy) is 2. The molecule has 6 nitrogen and oxygen atoms in total. The molecule has 0 spiro atoms.